The third kappa shape index (κ3) is 4.78. The van der Waals surface area contributed by atoms with Crippen molar-refractivity contribution in [2.45, 2.75) is 0 Å². The number of hydrogen-bond donors (Lipinski definition) is 1. The number of ether oxygens (including phenoxy) is 2. The van der Waals surface area contributed by atoms with Crippen molar-refractivity contribution >= 4 is 28.9 Å². The zero-order valence-electron chi connectivity index (χ0n) is 16.8. The molecule has 0 aliphatic rings. The van der Waals surface area contributed by atoms with E-state index in [9.17, 15) is 0 Å². The van der Waals surface area contributed by atoms with E-state index >= 15 is 0 Å². The fourth-order valence-corrected chi connectivity index (χ4v) is 2.83. The second kappa shape index (κ2) is 9.19. The topological polar surface area (TPSA) is 59.5 Å². The first kappa shape index (κ1) is 19.6. The maximum Gasteiger partial charge on any atom is 0.161 e. The number of nitrogens with zero attached hydrogens (tertiary/aromatic N) is 3. The Labute approximate surface area is 165 Å². The Balaban J connectivity index is 1.89. The van der Waals surface area contributed by atoms with Gasteiger partial charge in [0, 0.05) is 18.5 Å². The van der Waals surface area contributed by atoms with Gasteiger partial charge in [-0.25, -0.2) is 9.97 Å². The standard InChI is InChI=1S/C22H26N4O2/c1-26(2)14-13-23-22-17-7-5-6-8-18(17)24-21(25-22)12-10-16-9-11-19(27-3)20(15-16)28-4/h5-12,15H,13-14H2,1-4H3,(H,23,24,25)/b12-10+. The summed E-state index contributed by atoms with van der Waals surface area (Å²) in [6, 6.07) is 13.8. The minimum atomic E-state index is 0.654. The predicted octanol–water partition coefficient (Wildman–Crippen LogP) is 3.79. The molecule has 0 amide bonds. The van der Waals surface area contributed by atoms with Crippen LogP contribution in [0.4, 0.5) is 5.82 Å². The molecule has 1 N–H and O–H groups in total. The number of likely N-dealkylation sites (N-methyl/N-ethyl adjacent to an activating group) is 1. The average molecular weight is 378 g/mol. The lowest BCUT2D eigenvalue weighted by Crippen LogP contribution is -2.21. The maximum absolute atomic E-state index is 5.37. The number of anilines is 1. The molecule has 0 spiro atoms. The number of hydrogen-bond acceptors (Lipinski definition) is 6. The third-order valence-corrected chi connectivity index (χ3v) is 4.30. The summed E-state index contributed by atoms with van der Waals surface area (Å²) in [6.45, 7) is 1.74. The summed E-state index contributed by atoms with van der Waals surface area (Å²) < 4.78 is 10.7. The van der Waals surface area contributed by atoms with Crippen LogP contribution in [-0.2, 0) is 0 Å². The quantitative estimate of drug-likeness (QED) is 0.644. The predicted molar refractivity (Wildman–Crippen MR) is 115 cm³/mol. The number of nitrogens with one attached hydrogen (secondary N) is 1. The molecular weight excluding hydrogens is 352 g/mol. The number of methoxy groups -OCH3 is 2. The number of aromatic nitrogens is 2. The van der Waals surface area contributed by atoms with Crippen molar-refractivity contribution in [3.05, 3.63) is 53.9 Å². The lowest BCUT2D eigenvalue weighted by atomic mass is 10.2. The molecule has 0 saturated carbocycles. The lowest BCUT2D eigenvalue weighted by Gasteiger charge is -2.13. The summed E-state index contributed by atoms with van der Waals surface area (Å²) in [4.78, 5) is 11.5. The molecule has 1 heterocycles. The van der Waals surface area contributed by atoms with Gasteiger partial charge in [-0.3, -0.25) is 0 Å². The molecule has 1 aromatic heterocycles. The van der Waals surface area contributed by atoms with Crippen molar-refractivity contribution in [1.29, 1.82) is 0 Å². The molecule has 0 fully saturated rings. The summed E-state index contributed by atoms with van der Waals surface area (Å²) in [5, 5.41) is 4.45. The first-order valence-corrected chi connectivity index (χ1v) is 9.16. The van der Waals surface area contributed by atoms with Crippen LogP contribution < -0.4 is 14.8 Å². The highest BCUT2D eigenvalue weighted by Crippen LogP contribution is 2.28. The Morgan fingerprint density at radius 1 is 0.964 bits per heavy atom. The Hall–Kier alpha value is -3.12. The Bertz CT molecular complexity index is 970. The minimum absolute atomic E-state index is 0.654. The van der Waals surface area contributed by atoms with Crippen LogP contribution in [0.15, 0.2) is 42.5 Å². The average Bonchev–Trinajstić information content (AvgIpc) is 2.71. The van der Waals surface area contributed by atoms with Crippen LogP contribution in [-0.4, -0.2) is 56.3 Å². The van der Waals surface area contributed by atoms with Crippen molar-refractivity contribution in [3.63, 3.8) is 0 Å². The molecule has 2 aromatic carbocycles. The summed E-state index contributed by atoms with van der Waals surface area (Å²) >= 11 is 0. The van der Waals surface area contributed by atoms with Crippen LogP contribution in [0, 0.1) is 0 Å². The molecule has 28 heavy (non-hydrogen) atoms. The van der Waals surface area contributed by atoms with Gasteiger partial charge >= 0.3 is 0 Å². The minimum Gasteiger partial charge on any atom is -0.493 e. The van der Waals surface area contributed by atoms with Crippen LogP contribution in [0.5, 0.6) is 11.5 Å². The van der Waals surface area contributed by atoms with E-state index in [-0.39, 0.29) is 0 Å². The van der Waals surface area contributed by atoms with E-state index in [1.54, 1.807) is 14.2 Å². The summed E-state index contributed by atoms with van der Waals surface area (Å²) in [6.07, 6.45) is 3.88. The van der Waals surface area contributed by atoms with Crippen LogP contribution in [0.1, 0.15) is 11.4 Å². The molecular formula is C22H26N4O2. The molecule has 0 bridgehead atoms. The van der Waals surface area contributed by atoms with E-state index in [0.717, 1.165) is 35.4 Å². The van der Waals surface area contributed by atoms with E-state index in [1.165, 1.54) is 0 Å². The fourth-order valence-electron chi connectivity index (χ4n) is 2.83. The van der Waals surface area contributed by atoms with Gasteiger partial charge < -0.3 is 19.7 Å². The smallest absolute Gasteiger partial charge is 0.161 e. The van der Waals surface area contributed by atoms with Crippen molar-refractivity contribution in [1.82, 2.24) is 14.9 Å². The molecule has 0 atom stereocenters. The number of fused-ring (bicyclic) bond motifs is 1. The molecule has 0 unspecified atom stereocenters. The van der Waals surface area contributed by atoms with Crippen LogP contribution in [0.25, 0.3) is 23.1 Å². The molecule has 146 valence electrons. The Morgan fingerprint density at radius 3 is 2.50 bits per heavy atom. The summed E-state index contributed by atoms with van der Waals surface area (Å²) in [5.74, 6) is 2.89. The summed E-state index contributed by atoms with van der Waals surface area (Å²) in [5.41, 5.74) is 1.90. The van der Waals surface area contributed by atoms with E-state index in [0.29, 0.717) is 17.3 Å². The zero-order chi connectivity index (χ0) is 19.9. The van der Waals surface area contributed by atoms with Gasteiger partial charge in [-0.05, 0) is 50.0 Å². The van der Waals surface area contributed by atoms with Gasteiger partial charge in [0.1, 0.15) is 5.82 Å². The number of rotatable bonds is 8. The van der Waals surface area contributed by atoms with Gasteiger partial charge in [0.2, 0.25) is 0 Å². The lowest BCUT2D eigenvalue weighted by molar-refractivity contribution is 0.355. The molecule has 0 aliphatic heterocycles. The third-order valence-electron chi connectivity index (χ3n) is 4.30. The second-order valence-electron chi connectivity index (χ2n) is 6.63. The first-order valence-electron chi connectivity index (χ1n) is 9.16. The van der Waals surface area contributed by atoms with Crippen molar-refractivity contribution in [3.8, 4) is 11.5 Å². The molecule has 6 heteroatoms. The van der Waals surface area contributed by atoms with Gasteiger partial charge in [0.15, 0.2) is 17.3 Å². The molecule has 6 nitrogen and oxygen atoms in total. The Kier molecular flexibility index (Phi) is 6.45. The fraction of sp³-hybridized carbons (Fsp3) is 0.273. The largest absolute Gasteiger partial charge is 0.493 e. The van der Waals surface area contributed by atoms with Crippen molar-refractivity contribution in [2.75, 3.05) is 46.7 Å². The van der Waals surface area contributed by atoms with Gasteiger partial charge in [0.25, 0.3) is 0 Å². The summed E-state index contributed by atoms with van der Waals surface area (Å²) in [7, 11) is 7.36. The highest BCUT2D eigenvalue weighted by atomic mass is 16.5. The van der Waals surface area contributed by atoms with Gasteiger partial charge in [-0.1, -0.05) is 24.3 Å². The van der Waals surface area contributed by atoms with Gasteiger partial charge in [-0.2, -0.15) is 0 Å². The zero-order valence-corrected chi connectivity index (χ0v) is 16.8. The highest BCUT2D eigenvalue weighted by Gasteiger charge is 2.07. The number of para-hydroxylation sites is 1. The monoisotopic (exact) mass is 378 g/mol. The molecule has 0 saturated heterocycles. The van der Waals surface area contributed by atoms with Crippen molar-refractivity contribution < 1.29 is 9.47 Å². The Morgan fingerprint density at radius 2 is 1.75 bits per heavy atom. The molecule has 0 aliphatic carbocycles. The van der Waals surface area contributed by atoms with Crippen LogP contribution >= 0.6 is 0 Å². The van der Waals surface area contributed by atoms with Crippen molar-refractivity contribution in [2.24, 2.45) is 0 Å². The van der Waals surface area contributed by atoms with Gasteiger partial charge in [0.05, 0.1) is 19.7 Å². The van der Waals surface area contributed by atoms with E-state index in [4.69, 9.17) is 14.5 Å². The number of benzene rings is 2. The van der Waals surface area contributed by atoms with E-state index in [2.05, 4.69) is 29.3 Å². The normalized spacial score (nSPS) is 11.3. The van der Waals surface area contributed by atoms with Crippen LogP contribution in [0.3, 0.4) is 0 Å². The second-order valence-corrected chi connectivity index (χ2v) is 6.63. The SMILES string of the molecule is COc1ccc(/C=C/c2nc(NCCN(C)C)c3ccccc3n2)cc1OC. The first-order chi connectivity index (χ1) is 13.6. The molecule has 3 rings (SSSR count). The highest BCUT2D eigenvalue weighted by molar-refractivity contribution is 5.90. The maximum atomic E-state index is 5.37. The van der Waals surface area contributed by atoms with E-state index in [1.807, 2.05) is 54.6 Å². The molecule has 0 radical (unpaired) electrons. The molecule has 3 aromatic rings. The van der Waals surface area contributed by atoms with E-state index < -0.39 is 0 Å². The van der Waals surface area contributed by atoms with Gasteiger partial charge in [-0.15, -0.1) is 0 Å². The van der Waals surface area contributed by atoms with Crippen LogP contribution in [0.2, 0.25) is 0 Å².